The van der Waals surface area contributed by atoms with E-state index in [0.29, 0.717) is 26.4 Å². The van der Waals surface area contributed by atoms with Gasteiger partial charge < -0.3 is 19.3 Å². The summed E-state index contributed by atoms with van der Waals surface area (Å²) in [4.78, 5) is 15.5. The zero-order valence-corrected chi connectivity index (χ0v) is 9.36. The van der Waals surface area contributed by atoms with Gasteiger partial charge >= 0.3 is 6.03 Å². The van der Waals surface area contributed by atoms with Gasteiger partial charge in [0.25, 0.3) is 0 Å². The Morgan fingerprint density at radius 3 is 2.53 bits per heavy atom. The molecule has 0 aliphatic carbocycles. The Hall–Kier alpha value is -0.810. The van der Waals surface area contributed by atoms with E-state index in [1.807, 2.05) is 4.90 Å². The highest BCUT2D eigenvalue weighted by molar-refractivity contribution is 5.75. The summed E-state index contributed by atoms with van der Waals surface area (Å²) in [6, 6.07) is 0.0591. The summed E-state index contributed by atoms with van der Waals surface area (Å²) in [5.41, 5.74) is -0.209. The molecule has 0 bridgehead atoms. The van der Waals surface area contributed by atoms with Gasteiger partial charge in [-0.25, -0.2) is 4.79 Å². The Balaban J connectivity index is 2.15. The highest BCUT2D eigenvalue weighted by Gasteiger charge is 2.45. The lowest BCUT2D eigenvalue weighted by molar-refractivity contribution is -0.0523. The van der Waals surface area contributed by atoms with Crippen LogP contribution in [0, 0.1) is 0 Å². The first kappa shape index (κ1) is 10.7. The maximum absolute atomic E-state index is 12.0. The molecule has 86 valence electrons. The molecule has 1 spiro atoms. The van der Waals surface area contributed by atoms with Crippen molar-refractivity contribution in [1.82, 2.24) is 9.80 Å². The molecule has 1 unspecified atom stereocenters. The van der Waals surface area contributed by atoms with Gasteiger partial charge in [-0.1, -0.05) is 0 Å². The SMILES string of the molecule is CN(C)C(=O)N1CCOCC12CCOC2. The Bertz CT molecular complexity index is 249. The summed E-state index contributed by atoms with van der Waals surface area (Å²) >= 11 is 0. The molecule has 15 heavy (non-hydrogen) atoms. The topological polar surface area (TPSA) is 42.0 Å². The molecule has 0 N–H and O–H groups in total. The fourth-order valence-electron chi connectivity index (χ4n) is 2.20. The molecule has 2 rings (SSSR count). The average Bonchev–Trinajstić information content (AvgIpc) is 2.67. The second kappa shape index (κ2) is 3.98. The van der Waals surface area contributed by atoms with Gasteiger partial charge in [-0.15, -0.1) is 0 Å². The minimum Gasteiger partial charge on any atom is -0.379 e. The number of amides is 2. The Morgan fingerprint density at radius 1 is 1.27 bits per heavy atom. The maximum atomic E-state index is 12.0. The molecule has 0 aromatic rings. The van der Waals surface area contributed by atoms with E-state index < -0.39 is 0 Å². The fraction of sp³-hybridized carbons (Fsp3) is 0.900. The third kappa shape index (κ3) is 1.81. The van der Waals surface area contributed by atoms with Crippen LogP contribution in [-0.4, -0.2) is 68.4 Å². The quantitative estimate of drug-likeness (QED) is 0.577. The number of hydrogen-bond donors (Lipinski definition) is 0. The van der Waals surface area contributed by atoms with Crippen LogP contribution in [0.5, 0.6) is 0 Å². The number of carbonyl (C=O) groups is 1. The van der Waals surface area contributed by atoms with Gasteiger partial charge in [0, 0.05) is 27.2 Å². The molecule has 0 saturated carbocycles. The molecule has 5 heteroatoms. The molecular formula is C10H18N2O3. The highest BCUT2D eigenvalue weighted by Crippen LogP contribution is 2.29. The van der Waals surface area contributed by atoms with E-state index in [9.17, 15) is 4.79 Å². The highest BCUT2D eigenvalue weighted by atomic mass is 16.5. The molecule has 2 amide bonds. The minimum atomic E-state index is -0.209. The van der Waals surface area contributed by atoms with Crippen molar-refractivity contribution in [2.75, 3.05) is 47.1 Å². The zero-order valence-electron chi connectivity index (χ0n) is 9.36. The van der Waals surface area contributed by atoms with E-state index in [1.54, 1.807) is 19.0 Å². The van der Waals surface area contributed by atoms with Crippen LogP contribution < -0.4 is 0 Å². The summed E-state index contributed by atoms with van der Waals surface area (Å²) in [7, 11) is 3.56. The van der Waals surface area contributed by atoms with Crippen molar-refractivity contribution in [2.24, 2.45) is 0 Å². The Kier molecular flexibility index (Phi) is 2.84. The largest absolute Gasteiger partial charge is 0.379 e. The second-order valence-corrected chi connectivity index (χ2v) is 4.41. The first-order valence-electron chi connectivity index (χ1n) is 5.30. The van der Waals surface area contributed by atoms with E-state index in [2.05, 4.69) is 0 Å². The fourth-order valence-corrected chi connectivity index (χ4v) is 2.20. The van der Waals surface area contributed by atoms with Crippen LogP contribution in [0.3, 0.4) is 0 Å². The van der Waals surface area contributed by atoms with Crippen molar-refractivity contribution in [3.05, 3.63) is 0 Å². The number of rotatable bonds is 0. The van der Waals surface area contributed by atoms with Gasteiger partial charge in [0.1, 0.15) is 0 Å². The van der Waals surface area contributed by atoms with Crippen molar-refractivity contribution in [2.45, 2.75) is 12.0 Å². The van der Waals surface area contributed by atoms with Crippen molar-refractivity contribution in [3.8, 4) is 0 Å². The van der Waals surface area contributed by atoms with Gasteiger partial charge in [0.05, 0.1) is 25.4 Å². The number of ether oxygens (including phenoxy) is 2. The third-order valence-electron chi connectivity index (χ3n) is 3.10. The third-order valence-corrected chi connectivity index (χ3v) is 3.10. The van der Waals surface area contributed by atoms with Crippen LogP contribution in [0.25, 0.3) is 0 Å². The predicted octanol–water partition coefficient (Wildman–Crippen LogP) is 0.159. The molecule has 2 fully saturated rings. The van der Waals surface area contributed by atoms with Crippen LogP contribution in [0.4, 0.5) is 4.79 Å². The summed E-state index contributed by atoms with van der Waals surface area (Å²) < 4.78 is 10.9. The van der Waals surface area contributed by atoms with E-state index in [-0.39, 0.29) is 11.6 Å². The number of hydrogen-bond acceptors (Lipinski definition) is 3. The van der Waals surface area contributed by atoms with Crippen LogP contribution in [0.15, 0.2) is 0 Å². The first-order valence-corrected chi connectivity index (χ1v) is 5.30. The van der Waals surface area contributed by atoms with E-state index in [0.717, 1.165) is 13.0 Å². The van der Waals surface area contributed by atoms with Crippen molar-refractivity contribution in [3.63, 3.8) is 0 Å². The zero-order chi connectivity index (χ0) is 10.9. The first-order chi connectivity index (χ1) is 7.16. The van der Waals surface area contributed by atoms with Crippen LogP contribution in [0.1, 0.15) is 6.42 Å². The average molecular weight is 214 g/mol. The molecule has 2 saturated heterocycles. The van der Waals surface area contributed by atoms with Gasteiger partial charge in [0.2, 0.25) is 0 Å². The van der Waals surface area contributed by atoms with Crippen molar-refractivity contribution < 1.29 is 14.3 Å². The molecule has 1 atom stereocenters. The molecule has 2 aliphatic heterocycles. The number of morpholine rings is 1. The molecular weight excluding hydrogens is 196 g/mol. The van der Waals surface area contributed by atoms with E-state index >= 15 is 0 Å². The van der Waals surface area contributed by atoms with E-state index in [4.69, 9.17) is 9.47 Å². The summed E-state index contributed by atoms with van der Waals surface area (Å²) in [6.07, 6.45) is 0.882. The van der Waals surface area contributed by atoms with Gasteiger partial charge in [-0.05, 0) is 6.42 Å². The van der Waals surface area contributed by atoms with Gasteiger partial charge in [-0.2, -0.15) is 0 Å². The van der Waals surface area contributed by atoms with Crippen LogP contribution in [-0.2, 0) is 9.47 Å². The maximum Gasteiger partial charge on any atom is 0.320 e. The smallest absolute Gasteiger partial charge is 0.320 e. The lowest BCUT2D eigenvalue weighted by Gasteiger charge is -2.44. The van der Waals surface area contributed by atoms with Crippen LogP contribution >= 0.6 is 0 Å². The number of urea groups is 1. The molecule has 2 aliphatic rings. The Labute approximate surface area is 89.9 Å². The van der Waals surface area contributed by atoms with Gasteiger partial charge in [-0.3, -0.25) is 0 Å². The van der Waals surface area contributed by atoms with Gasteiger partial charge in [0.15, 0.2) is 0 Å². The molecule has 2 heterocycles. The van der Waals surface area contributed by atoms with Crippen molar-refractivity contribution in [1.29, 1.82) is 0 Å². The summed E-state index contributed by atoms with van der Waals surface area (Å²) in [5, 5.41) is 0. The second-order valence-electron chi connectivity index (χ2n) is 4.41. The summed E-state index contributed by atoms with van der Waals surface area (Å²) in [5.74, 6) is 0. The Morgan fingerprint density at radius 2 is 1.93 bits per heavy atom. The molecule has 0 radical (unpaired) electrons. The normalized spacial score (nSPS) is 30.9. The monoisotopic (exact) mass is 214 g/mol. The molecule has 0 aromatic heterocycles. The molecule has 5 nitrogen and oxygen atoms in total. The molecule has 0 aromatic carbocycles. The summed E-state index contributed by atoms with van der Waals surface area (Å²) in [6.45, 7) is 3.22. The predicted molar refractivity (Wildman–Crippen MR) is 54.8 cm³/mol. The van der Waals surface area contributed by atoms with Crippen LogP contribution in [0.2, 0.25) is 0 Å². The standard InChI is InChI=1S/C10H18N2O3/c1-11(2)9(13)12-4-6-15-8-10(12)3-5-14-7-10/h3-8H2,1-2H3. The lowest BCUT2D eigenvalue weighted by Crippen LogP contribution is -2.61. The van der Waals surface area contributed by atoms with E-state index in [1.165, 1.54) is 0 Å². The number of carbonyl (C=O) groups excluding carboxylic acids is 1. The van der Waals surface area contributed by atoms with Crippen molar-refractivity contribution >= 4 is 6.03 Å². The lowest BCUT2D eigenvalue weighted by atomic mass is 9.96. The number of nitrogens with zero attached hydrogens (tertiary/aromatic N) is 2. The minimum absolute atomic E-state index is 0.0591.